The van der Waals surface area contributed by atoms with Crippen molar-refractivity contribution in [3.05, 3.63) is 70.9 Å². The Morgan fingerprint density at radius 2 is 1.72 bits per heavy atom. The molecule has 0 radical (unpaired) electrons. The number of fused-ring (bicyclic) bond motifs is 1. The Labute approximate surface area is 139 Å². The van der Waals surface area contributed by atoms with Crippen molar-refractivity contribution in [3.8, 4) is 0 Å². The molecule has 0 saturated heterocycles. The lowest BCUT2D eigenvalue weighted by Gasteiger charge is -2.09. The topological polar surface area (TPSA) is 32.9 Å². The van der Waals surface area contributed by atoms with Gasteiger partial charge in [-0.05, 0) is 54.4 Å². The Bertz CT molecular complexity index is 942. The number of H-pyrrole nitrogens is 1. The van der Waals surface area contributed by atoms with Crippen LogP contribution in [0.1, 0.15) is 28.0 Å². The summed E-state index contributed by atoms with van der Waals surface area (Å²) >= 11 is 0. The average Bonchev–Trinajstić information content (AvgIpc) is 2.94. The summed E-state index contributed by atoms with van der Waals surface area (Å²) in [5.74, 6) is -1.79. The Balaban J connectivity index is 1.76. The molecule has 0 aliphatic heterocycles. The number of carbonyl (C=O) groups excluding carboxylic acids is 1. The Hall–Kier alpha value is -2.70. The molecule has 2 aromatic carbocycles. The summed E-state index contributed by atoms with van der Waals surface area (Å²) in [6, 6.07) is 7.71. The van der Waals surface area contributed by atoms with Gasteiger partial charge in [0.15, 0.2) is 5.78 Å². The van der Waals surface area contributed by atoms with Gasteiger partial charge in [-0.1, -0.05) is 0 Å². The van der Waals surface area contributed by atoms with Crippen LogP contribution in [0.3, 0.4) is 0 Å². The summed E-state index contributed by atoms with van der Waals surface area (Å²) < 4.78 is 64.6. The van der Waals surface area contributed by atoms with Crippen LogP contribution in [0.15, 0.2) is 42.5 Å². The first-order valence-electron chi connectivity index (χ1n) is 7.40. The second kappa shape index (κ2) is 6.31. The van der Waals surface area contributed by atoms with Gasteiger partial charge in [-0.2, -0.15) is 13.2 Å². The average molecular weight is 353 g/mol. The number of halogens is 5. The van der Waals surface area contributed by atoms with E-state index in [-0.39, 0.29) is 29.9 Å². The van der Waals surface area contributed by atoms with E-state index in [0.717, 1.165) is 12.1 Å². The second-order valence-electron chi connectivity index (χ2n) is 5.68. The fraction of sp³-hybridized carbons (Fsp3) is 0.167. The summed E-state index contributed by atoms with van der Waals surface area (Å²) in [6.07, 6.45) is -4.79. The number of carbonyl (C=O) groups is 1. The van der Waals surface area contributed by atoms with Crippen molar-refractivity contribution in [3.63, 3.8) is 0 Å². The summed E-state index contributed by atoms with van der Waals surface area (Å²) in [5, 5.41) is 0.522. The lowest BCUT2D eigenvalue weighted by molar-refractivity contribution is -0.137. The number of aromatic amines is 1. The summed E-state index contributed by atoms with van der Waals surface area (Å²) in [6.45, 7) is 0. The zero-order valence-electron chi connectivity index (χ0n) is 12.8. The third-order valence-corrected chi connectivity index (χ3v) is 3.81. The summed E-state index contributed by atoms with van der Waals surface area (Å²) in [7, 11) is 0. The van der Waals surface area contributed by atoms with Crippen LogP contribution >= 0.6 is 0 Å². The molecule has 0 fully saturated rings. The van der Waals surface area contributed by atoms with Crippen LogP contribution in [0.25, 0.3) is 10.9 Å². The molecule has 0 atom stereocenters. The normalized spacial score (nSPS) is 11.9. The molecule has 130 valence electrons. The third-order valence-electron chi connectivity index (χ3n) is 3.81. The minimum absolute atomic E-state index is 0.0383. The van der Waals surface area contributed by atoms with Gasteiger partial charge in [0, 0.05) is 17.3 Å². The minimum Gasteiger partial charge on any atom is -0.352 e. The molecular weight excluding hydrogens is 341 g/mol. The quantitative estimate of drug-likeness (QED) is 0.502. The predicted molar refractivity (Wildman–Crippen MR) is 82.3 cm³/mol. The Kier molecular flexibility index (Phi) is 4.32. The monoisotopic (exact) mass is 353 g/mol. The number of hydrogen-bond acceptors (Lipinski definition) is 1. The standard InChI is InChI=1S/C18H12F5NO/c19-13-2-3-15-11(7-13)8-16(24-15)17(25)4-1-10-5-12(18(21,22)23)9-14(20)6-10/h2-3,5-9,24H,1,4H2. The lowest BCUT2D eigenvalue weighted by Crippen LogP contribution is -2.07. The highest BCUT2D eigenvalue weighted by atomic mass is 19.4. The van der Waals surface area contributed by atoms with E-state index in [1.54, 1.807) is 0 Å². The highest BCUT2D eigenvalue weighted by Gasteiger charge is 2.31. The zero-order chi connectivity index (χ0) is 18.2. The molecule has 2 nitrogen and oxygen atoms in total. The van der Waals surface area contributed by atoms with Gasteiger partial charge < -0.3 is 4.98 Å². The zero-order valence-corrected chi connectivity index (χ0v) is 12.8. The molecule has 1 aromatic heterocycles. The van der Waals surface area contributed by atoms with Crippen LogP contribution in [0.5, 0.6) is 0 Å². The van der Waals surface area contributed by atoms with Crippen molar-refractivity contribution < 1.29 is 26.7 Å². The first-order chi connectivity index (χ1) is 11.7. The second-order valence-corrected chi connectivity index (χ2v) is 5.68. The molecule has 1 N–H and O–H groups in total. The number of Topliss-reactive ketones (excluding diaryl/α,β-unsaturated/α-hetero) is 1. The van der Waals surface area contributed by atoms with Gasteiger partial charge in [0.05, 0.1) is 11.3 Å². The van der Waals surface area contributed by atoms with Crippen LogP contribution in [-0.2, 0) is 12.6 Å². The van der Waals surface area contributed by atoms with Crippen LogP contribution in [0, 0.1) is 11.6 Å². The number of aromatic nitrogens is 1. The lowest BCUT2D eigenvalue weighted by atomic mass is 10.0. The largest absolute Gasteiger partial charge is 0.416 e. The SMILES string of the molecule is O=C(CCc1cc(F)cc(C(F)(F)F)c1)c1cc2cc(F)ccc2[nH]1. The van der Waals surface area contributed by atoms with Crippen molar-refractivity contribution in [1.82, 2.24) is 4.98 Å². The fourth-order valence-electron chi connectivity index (χ4n) is 2.60. The molecule has 0 unspecified atom stereocenters. The predicted octanol–water partition coefficient (Wildman–Crippen LogP) is 5.28. The Morgan fingerprint density at radius 1 is 0.960 bits per heavy atom. The van der Waals surface area contributed by atoms with Crippen molar-refractivity contribution in [2.24, 2.45) is 0 Å². The maximum absolute atomic E-state index is 13.4. The van der Waals surface area contributed by atoms with E-state index in [4.69, 9.17) is 0 Å². The van der Waals surface area contributed by atoms with Gasteiger partial charge in [0.2, 0.25) is 0 Å². The number of nitrogens with one attached hydrogen (secondary N) is 1. The molecule has 3 aromatic rings. The number of benzene rings is 2. The number of aryl methyl sites for hydroxylation is 1. The van der Waals surface area contributed by atoms with E-state index < -0.39 is 23.4 Å². The molecule has 0 amide bonds. The Morgan fingerprint density at radius 3 is 2.44 bits per heavy atom. The maximum atomic E-state index is 13.4. The number of hydrogen-bond donors (Lipinski definition) is 1. The van der Waals surface area contributed by atoms with Gasteiger partial charge in [-0.25, -0.2) is 8.78 Å². The van der Waals surface area contributed by atoms with Crippen molar-refractivity contribution in [2.75, 3.05) is 0 Å². The van der Waals surface area contributed by atoms with Crippen LogP contribution < -0.4 is 0 Å². The van der Waals surface area contributed by atoms with Gasteiger partial charge in [-0.3, -0.25) is 4.79 Å². The van der Waals surface area contributed by atoms with Gasteiger partial charge in [0.1, 0.15) is 11.6 Å². The smallest absolute Gasteiger partial charge is 0.352 e. The molecule has 7 heteroatoms. The van der Waals surface area contributed by atoms with Crippen LogP contribution in [0.2, 0.25) is 0 Å². The summed E-state index contributed by atoms with van der Waals surface area (Å²) in [5.41, 5.74) is -0.193. The van der Waals surface area contributed by atoms with Crippen molar-refractivity contribution >= 4 is 16.7 Å². The van der Waals surface area contributed by atoms with E-state index in [2.05, 4.69) is 4.98 Å². The first-order valence-corrected chi connectivity index (χ1v) is 7.40. The molecule has 0 aliphatic rings. The molecule has 1 heterocycles. The van der Waals surface area contributed by atoms with E-state index in [1.807, 2.05) is 0 Å². The van der Waals surface area contributed by atoms with Crippen LogP contribution in [-0.4, -0.2) is 10.8 Å². The van der Waals surface area contributed by atoms with Gasteiger partial charge in [0.25, 0.3) is 0 Å². The van der Waals surface area contributed by atoms with E-state index in [9.17, 15) is 26.7 Å². The highest BCUT2D eigenvalue weighted by Crippen LogP contribution is 2.30. The third kappa shape index (κ3) is 3.87. The molecule has 0 aliphatic carbocycles. The van der Waals surface area contributed by atoms with Gasteiger partial charge >= 0.3 is 6.18 Å². The molecule has 0 bridgehead atoms. The summed E-state index contributed by atoms with van der Waals surface area (Å²) in [4.78, 5) is 15.0. The fourth-order valence-corrected chi connectivity index (χ4v) is 2.60. The van der Waals surface area contributed by atoms with Crippen LogP contribution in [0.4, 0.5) is 22.0 Å². The number of ketones is 1. The maximum Gasteiger partial charge on any atom is 0.416 e. The van der Waals surface area contributed by atoms with Crippen molar-refractivity contribution in [1.29, 1.82) is 0 Å². The van der Waals surface area contributed by atoms with Gasteiger partial charge in [-0.15, -0.1) is 0 Å². The van der Waals surface area contributed by atoms with E-state index in [0.29, 0.717) is 17.0 Å². The van der Waals surface area contributed by atoms with E-state index in [1.165, 1.54) is 24.3 Å². The molecule has 0 spiro atoms. The number of alkyl halides is 3. The first kappa shape index (κ1) is 17.1. The molecule has 0 saturated carbocycles. The number of rotatable bonds is 4. The molecule has 25 heavy (non-hydrogen) atoms. The molecular formula is C18H12F5NO. The minimum atomic E-state index is -4.65. The highest BCUT2D eigenvalue weighted by molar-refractivity contribution is 5.99. The van der Waals surface area contributed by atoms with Crippen molar-refractivity contribution in [2.45, 2.75) is 19.0 Å². The molecule has 3 rings (SSSR count). The van der Waals surface area contributed by atoms with E-state index >= 15 is 0 Å².